The fourth-order valence-electron chi connectivity index (χ4n) is 2.53. The molecule has 0 aromatic carbocycles. The number of aromatic nitrogens is 2. The number of carbonyl (C=O) groups excluding carboxylic acids is 1. The van der Waals surface area contributed by atoms with Gasteiger partial charge in [-0.3, -0.25) is 9.48 Å². The highest BCUT2D eigenvalue weighted by Gasteiger charge is 2.24. The lowest BCUT2D eigenvalue weighted by Gasteiger charge is -2.27. The summed E-state index contributed by atoms with van der Waals surface area (Å²) in [6.07, 6.45) is 4.60. The number of alkyl halides is 1. The SMILES string of the molecule is Cc1cc(C(=O)NCC2CCCCC2Cl)n(C)n1. The number of halogens is 1. The molecule has 4 nitrogen and oxygen atoms in total. The summed E-state index contributed by atoms with van der Waals surface area (Å²) in [5.41, 5.74) is 1.46. The van der Waals surface area contributed by atoms with Crippen molar-refractivity contribution in [3.63, 3.8) is 0 Å². The minimum Gasteiger partial charge on any atom is -0.350 e. The van der Waals surface area contributed by atoms with E-state index in [1.807, 2.05) is 6.92 Å². The van der Waals surface area contributed by atoms with Crippen molar-refractivity contribution in [1.82, 2.24) is 15.1 Å². The third kappa shape index (κ3) is 3.05. The van der Waals surface area contributed by atoms with Gasteiger partial charge in [-0.05, 0) is 31.7 Å². The van der Waals surface area contributed by atoms with Gasteiger partial charge in [0.1, 0.15) is 5.69 Å². The summed E-state index contributed by atoms with van der Waals surface area (Å²) in [6.45, 7) is 2.55. The van der Waals surface area contributed by atoms with Crippen LogP contribution in [-0.2, 0) is 7.05 Å². The van der Waals surface area contributed by atoms with Crippen molar-refractivity contribution in [2.45, 2.75) is 38.0 Å². The normalized spacial score (nSPS) is 23.9. The van der Waals surface area contributed by atoms with E-state index in [4.69, 9.17) is 11.6 Å². The van der Waals surface area contributed by atoms with E-state index in [1.165, 1.54) is 12.8 Å². The largest absolute Gasteiger partial charge is 0.350 e. The molecule has 18 heavy (non-hydrogen) atoms. The van der Waals surface area contributed by atoms with Crippen molar-refractivity contribution < 1.29 is 4.79 Å². The second-order valence-electron chi connectivity index (χ2n) is 5.07. The van der Waals surface area contributed by atoms with Crippen LogP contribution in [0.15, 0.2) is 6.07 Å². The number of hydrogen-bond acceptors (Lipinski definition) is 2. The number of carbonyl (C=O) groups is 1. The number of aryl methyl sites for hydroxylation is 2. The molecule has 1 aliphatic carbocycles. The zero-order valence-corrected chi connectivity index (χ0v) is 11.7. The summed E-state index contributed by atoms with van der Waals surface area (Å²) >= 11 is 6.28. The summed E-state index contributed by atoms with van der Waals surface area (Å²) in [5.74, 6) is 0.339. The molecule has 0 aliphatic heterocycles. The molecule has 0 radical (unpaired) electrons. The Balaban J connectivity index is 1.90. The third-order valence-electron chi connectivity index (χ3n) is 3.58. The molecule has 0 bridgehead atoms. The van der Waals surface area contributed by atoms with Gasteiger partial charge in [-0.25, -0.2) is 0 Å². The van der Waals surface area contributed by atoms with E-state index in [-0.39, 0.29) is 11.3 Å². The van der Waals surface area contributed by atoms with Crippen molar-refractivity contribution in [3.05, 3.63) is 17.5 Å². The lowest BCUT2D eigenvalue weighted by Crippen LogP contribution is -2.35. The predicted octanol–water partition coefficient (Wildman–Crippen LogP) is 2.26. The lowest BCUT2D eigenvalue weighted by molar-refractivity contribution is 0.0934. The molecule has 0 spiro atoms. The van der Waals surface area contributed by atoms with Crippen LogP contribution >= 0.6 is 11.6 Å². The highest BCUT2D eigenvalue weighted by atomic mass is 35.5. The van der Waals surface area contributed by atoms with Crippen LogP contribution in [-0.4, -0.2) is 27.6 Å². The third-order valence-corrected chi connectivity index (χ3v) is 4.15. The molecule has 1 heterocycles. The first kappa shape index (κ1) is 13.4. The second kappa shape index (κ2) is 5.74. The summed E-state index contributed by atoms with van der Waals surface area (Å²) in [6, 6.07) is 1.80. The minimum atomic E-state index is -0.0625. The lowest BCUT2D eigenvalue weighted by atomic mass is 9.89. The minimum absolute atomic E-state index is 0.0625. The average Bonchev–Trinajstić information content (AvgIpc) is 2.67. The van der Waals surface area contributed by atoms with Crippen LogP contribution in [0.2, 0.25) is 0 Å². The van der Waals surface area contributed by atoms with Crippen LogP contribution in [0.25, 0.3) is 0 Å². The number of hydrogen-bond donors (Lipinski definition) is 1. The average molecular weight is 270 g/mol. The van der Waals surface area contributed by atoms with E-state index in [9.17, 15) is 4.79 Å². The maximum Gasteiger partial charge on any atom is 0.269 e. The van der Waals surface area contributed by atoms with Gasteiger partial charge in [-0.1, -0.05) is 12.8 Å². The first-order valence-electron chi connectivity index (χ1n) is 6.51. The molecule has 5 heteroatoms. The smallest absolute Gasteiger partial charge is 0.269 e. The first-order chi connectivity index (χ1) is 8.58. The number of nitrogens with one attached hydrogen (secondary N) is 1. The molecule has 100 valence electrons. The zero-order chi connectivity index (χ0) is 13.1. The van der Waals surface area contributed by atoms with Gasteiger partial charge in [-0.15, -0.1) is 11.6 Å². The van der Waals surface area contributed by atoms with E-state index in [0.29, 0.717) is 18.2 Å². The van der Waals surface area contributed by atoms with Crippen LogP contribution in [0.1, 0.15) is 41.9 Å². The first-order valence-corrected chi connectivity index (χ1v) is 6.94. The molecular weight excluding hydrogens is 250 g/mol. The van der Waals surface area contributed by atoms with Crippen molar-refractivity contribution in [3.8, 4) is 0 Å². The van der Waals surface area contributed by atoms with E-state index in [2.05, 4.69) is 10.4 Å². The van der Waals surface area contributed by atoms with Crippen LogP contribution in [0.5, 0.6) is 0 Å². The summed E-state index contributed by atoms with van der Waals surface area (Å²) in [7, 11) is 1.78. The molecule has 1 aromatic heterocycles. The Morgan fingerprint density at radius 1 is 1.56 bits per heavy atom. The molecule has 2 atom stereocenters. The fourth-order valence-corrected chi connectivity index (χ4v) is 2.90. The Morgan fingerprint density at radius 3 is 2.89 bits per heavy atom. The van der Waals surface area contributed by atoms with Crippen molar-refractivity contribution in [2.24, 2.45) is 13.0 Å². The monoisotopic (exact) mass is 269 g/mol. The Bertz CT molecular complexity index is 430. The van der Waals surface area contributed by atoms with Gasteiger partial charge in [0, 0.05) is 19.0 Å². The van der Waals surface area contributed by atoms with Gasteiger partial charge < -0.3 is 5.32 Å². The summed E-state index contributed by atoms with van der Waals surface area (Å²) in [4.78, 5) is 12.0. The summed E-state index contributed by atoms with van der Waals surface area (Å²) < 4.78 is 1.61. The molecule has 1 aliphatic rings. The molecule has 1 aromatic rings. The molecule has 1 fully saturated rings. The Kier molecular flexibility index (Phi) is 4.27. The second-order valence-corrected chi connectivity index (χ2v) is 5.63. The molecule has 1 amide bonds. The maximum absolute atomic E-state index is 12.0. The van der Waals surface area contributed by atoms with Gasteiger partial charge in [-0.2, -0.15) is 5.10 Å². The molecule has 0 saturated heterocycles. The Labute approximate surface area is 113 Å². The standard InChI is InChI=1S/C13H20ClN3O/c1-9-7-12(17(2)16-9)13(18)15-8-10-5-3-4-6-11(10)14/h7,10-11H,3-6,8H2,1-2H3,(H,15,18). The van der Waals surface area contributed by atoms with E-state index >= 15 is 0 Å². The Morgan fingerprint density at radius 2 is 2.28 bits per heavy atom. The van der Waals surface area contributed by atoms with E-state index < -0.39 is 0 Å². The quantitative estimate of drug-likeness (QED) is 0.856. The topological polar surface area (TPSA) is 46.9 Å². The van der Waals surface area contributed by atoms with Crippen LogP contribution < -0.4 is 5.32 Å². The van der Waals surface area contributed by atoms with Gasteiger partial charge in [0.15, 0.2) is 0 Å². The molecular formula is C13H20ClN3O. The highest BCUT2D eigenvalue weighted by Crippen LogP contribution is 2.28. The predicted molar refractivity (Wildman–Crippen MR) is 71.9 cm³/mol. The van der Waals surface area contributed by atoms with Crippen molar-refractivity contribution in [1.29, 1.82) is 0 Å². The van der Waals surface area contributed by atoms with Crippen LogP contribution in [0.4, 0.5) is 0 Å². The number of amides is 1. The number of nitrogens with zero attached hydrogens (tertiary/aromatic N) is 2. The molecule has 1 saturated carbocycles. The maximum atomic E-state index is 12.0. The molecule has 2 unspecified atom stereocenters. The van der Waals surface area contributed by atoms with Crippen LogP contribution in [0.3, 0.4) is 0 Å². The van der Waals surface area contributed by atoms with Gasteiger partial charge in [0.25, 0.3) is 5.91 Å². The van der Waals surface area contributed by atoms with Gasteiger partial charge in [0.05, 0.1) is 5.69 Å². The van der Waals surface area contributed by atoms with Crippen molar-refractivity contribution in [2.75, 3.05) is 6.54 Å². The fraction of sp³-hybridized carbons (Fsp3) is 0.692. The Hall–Kier alpha value is -1.03. The van der Waals surface area contributed by atoms with Gasteiger partial charge in [0.2, 0.25) is 0 Å². The van der Waals surface area contributed by atoms with Crippen LogP contribution in [0, 0.1) is 12.8 Å². The van der Waals surface area contributed by atoms with E-state index in [0.717, 1.165) is 18.5 Å². The van der Waals surface area contributed by atoms with Crippen molar-refractivity contribution >= 4 is 17.5 Å². The molecule has 1 N–H and O–H groups in total. The highest BCUT2D eigenvalue weighted by molar-refractivity contribution is 6.20. The van der Waals surface area contributed by atoms with E-state index in [1.54, 1.807) is 17.8 Å². The summed E-state index contributed by atoms with van der Waals surface area (Å²) in [5, 5.41) is 7.34. The zero-order valence-electron chi connectivity index (χ0n) is 10.9. The molecule has 2 rings (SSSR count). The van der Waals surface area contributed by atoms with Gasteiger partial charge >= 0.3 is 0 Å². The number of rotatable bonds is 3.